The lowest BCUT2D eigenvalue weighted by atomic mass is 9.71. The smallest absolute Gasteiger partial charge is 0.126 e. The van der Waals surface area contributed by atoms with Gasteiger partial charge >= 0.3 is 0 Å². The van der Waals surface area contributed by atoms with E-state index in [9.17, 15) is 4.39 Å². The summed E-state index contributed by atoms with van der Waals surface area (Å²) in [6.45, 7) is 4.44. The van der Waals surface area contributed by atoms with Gasteiger partial charge in [-0.3, -0.25) is 0 Å². The molecule has 3 heteroatoms. The van der Waals surface area contributed by atoms with Crippen LogP contribution in [-0.2, 0) is 10.2 Å². The summed E-state index contributed by atoms with van der Waals surface area (Å²) in [5.41, 5.74) is 2.03. The predicted molar refractivity (Wildman–Crippen MR) is 64.7 cm³/mol. The van der Waals surface area contributed by atoms with Crippen LogP contribution in [0.5, 0.6) is 0 Å². The molecule has 1 aromatic carbocycles. The number of halogens is 1. The average Bonchev–Trinajstić information content (AvgIpc) is 2.75. The van der Waals surface area contributed by atoms with Crippen LogP contribution in [0.15, 0.2) is 18.2 Å². The van der Waals surface area contributed by atoms with E-state index in [0.29, 0.717) is 6.04 Å². The Bertz CT molecular complexity index is 422. The number of rotatable bonds is 2. The van der Waals surface area contributed by atoms with Crippen molar-refractivity contribution in [3.8, 4) is 0 Å². The molecule has 1 N–H and O–H groups in total. The molecule has 2 aliphatic heterocycles. The normalized spacial score (nSPS) is 26.8. The lowest BCUT2D eigenvalue weighted by molar-refractivity contribution is -0.0761. The summed E-state index contributed by atoms with van der Waals surface area (Å²) in [7, 11) is 0. The van der Waals surface area contributed by atoms with Crippen molar-refractivity contribution in [2.75, 3.05) is 19.8 Å². The van der Waals surface area contributed by atoms with Crippen molar-refractivity contribution in [3.63, 3.8) is 0 Å². The maximum atomic E-state index is 13.3. The molecule has 0 saturated carbocycles. The maximum absolute atomic E-state index is 13.3. The van der Waals surface area contributed by atoms with E-state index in [4.69, 9.17) is 4.74 Å². The van der Waals surface area contributed by atoms with E-state index in [1.165, 1.54) is 18.4 Å². The number of aryl methyl sites for hydroxylation is 1. The predicted octanol–water partition coefficient (Wildman–Crippen LogP) is 2.15. The first kappa shape index (κ1) is 11.2. The van der Waals surface area contributed by atoms with Crippen LogP contribution < -0.4 is 5.32 Å². The van der Waals surface area contributed by atoms with Crippen LogP contribution in [0.1, 0.15) is 24.0 Å². The van der Waals surface area contributed by atoms with Gasteiger partial charge in [-0.1, -0.05) is 12.1 Å². The first-order chi connectivity index (χ1) is 8.22. The van der Waals surface area contributed by atoms with Crippen LogP contribution in [0.4, 0.5) is 4.39 Å². The van der Waals surface area contributed by atoms with E-state index >= 15 is 0 Å². The summed E-state index contributed by atoms with van der Waals surface area (Å²) >= 11 is 0. The van der Waals surface area contributed by atoms with Crippen molar-refractivity contribution in [1.29, 1.82) is 0 Å². The standard InChI is InChI=1S/C14H18FNO/c1-10-7-11(4-5-12(10)15)14(8-17-9-14)13-3-2-6-16-13/h4-5,7,13,16H,2-3,6,8-9H2,1H3. The highest BCUT2D eigenvalue weighted by Gasteiger charge is 2.47. The van der Waals surface area contributed by atoms with E-state index < -0.39 is 0 Å². The van der Waals surface area contributed by atoms with E-state index in [-0.39, 0.29) is 11.2 Å². The molecule has 0 amide bonds. The van der Waals surface area contributed by atoms with Gasteiger partial charge in [0.1, 0.15) is 5.82 Å². The molecule has 92 valence electrons. The van der Waals surface area contributed by atoms with Gasteiger partial charge < -0.3 is 10.1 Å². The van der Waals surface area contributed by atoms with Crippen LogP contribution in [-0.4, -0.2) is 25.8 Å². The number of hydrogen-bond donors (Lipinski definition) is 1. The van der Waals surface area contributed by atoms with Gasteiger partial charge in [0.15, 0.2) is 0 Å². The van der Waals surface area contributed by atoms with Crippen molar-refractivity contribution in [2.45, 2.75) is 31.2 Å². The molecule has 0 radical (unpaired) electrons. The molecule has 2 fully saturated rings. The molecular formula is C14H18FNO. The molecule has 0 bridgehead atoms. The molecule has 2 aliphatic rings. The number of nitrogens with one attached hydrogen (secondary N) is 1. The maximum Gasteiger partial charge on any atom is 0.126 e. The van der Waals surface area contributed by atoms with Gasteiger partial charge in [-0.05, 0) is 43.5 Å². The molecule has 1 aromatic rings. The van der Waals surface area contributed by atoms with Crippen molar-refractivity contribution in [1.82, 2.24) is 5.32 Å². The highest BCUT2D eigenvalue weighted by molar-refractivity contribution is 5.35. The molecule has 1 unspecified atom stereocenters. The summed E-state index contributed by atoms with van der Waals surface area (Å²) in [6, 6.07) is 5.98. The van der Waals surface area contributed by atoms with Gasteiger partial charge in [0.25, 0.3) is 0 Å². The lowest BCUT2D eigenvalue weighted by Crippen LogP contribution is -2.58. The molecular weight excluding hydrogens is 217 g/mol. The van der Waals surface area contributed by atoms with Gasteiger partial charge in [0.2, 0.25) is 0 Å². The van der Waals surface area contributed by atoms with Crippen LogP contribution in [0.3, 0.4) is 0 Å². The third kappa shape index (κ3) is 1.69. The van der Waals surface area contributed by atoms with Crippen LogP contribution in [0.25, 0.3) is 0 Å². The lowest BCUT2D eigenvalue weighted by Gasteiger charge is -2.46. The summed E-state index contributed by atoms with van der Waals surface area (Å²) in [5, 5.41) is 3.56. The number of benzene rings is 1. The quantitative estimate of drug-likeness (QED) is 0.848. The Balaban J connectivity index is 1.96. The molecule has 0 aliphatic carbocycles. The Kier molecular flexibility index (Phi) is 2.68. The van der Waals surface area contributed by atoms with Crippen molar-refractivity contribution in [3.05, 3.63) is 35.1 Å². The second-order valence-corrected chi connectivity index (χ2v) is 5.26. The summed E-state index contributed by atoms with van der Waals surface area (Å²) in [4.78, 5) is 0. The van der Waals surface area contributed by atoms with Crippen molar-refractivity contribution < 1.29 is 9.13 Å². The molecule has 2 nitrogen and oxygen atoms in total. The Morgan fingerprint density at radius 3 is 2.76 bits per heavy atom. The number of ether oxygens (including phenoxy) is 1. The molecule has 2 saturated heterocycles. The SMILES string of the molecule is Cc1cc(C2(C3CCCN3)COC2)ccc1F. The zero-order chi connectivity index (χ0) is 11.9. The highest BCUT2D eigenvalue weighted by atomic mass is 19.1. The summed E-state index contributed by atoms with van der Waals surface area (Å²) < 4.78 is 18.8. The number of hydrogen-bond acceptors (Lipinski definition) is 2. The largest absolute Gasteiger partial charge is 0.379 e. The Morgan fingerprint density at radius 2 is 2.24 bits per heavy atom. The van der Waals surface area contributed by atoms with Crippen LogP contribution in [0, 0.1) is 12.7 Å². The average molecular weight is 235 g/mol. The monoisotopic (exact) mass is 235 g/mol. The molecule has 2 heterocycles. The molecule has 1 atom stereocenters. The van der Waals surface area contributed by atoms with Gasteiger partial charge in [-0.2, -0.15) is 0 Å². The fraction of sp³-hybridized carbons (Fsp3) is 0.571. The van der Waals surface area contributed by atoms with E-state index in [2.05, 4.69) is 5.32 Å². The van der Waals surface area contributed by atoms with Gasteiger partial charge in [0.05, 0.1) is 18.6 Å². The minimum Gasteiger partial charge on any atom is -0.379 e. The van der Waals surface area contributed by atoms with Gasteiger partial charge in [-0.15, -0.1) is 0 Å². The highest BCUT2D eigenvalue weighted by Crippen LogP contribution is 2.39. The molecule has 0 spiro atoms. The van der Waals surface area contributed by atoms with Crippen molar-refractivity contribution in [2.24, 2.45) is 0 Å². The zero-order valence-corrected chi connectivity index (χ0v) is 10.1. The Hall–Kier alpha value is -0.930. The fourth-order valence-corrected chi connectivity index (χ4v) is 3.00. The first-order valence-corrected chi connectivity index (χ1v) is 6.30. The summed E-state index contributed by atoms with van der Waals surface area (Å²) in [5.74, 6) is -0.122. The zero-order valence-electron chi connectivity index (χ0n) is 10.1. The van der Waals surface area contributed by atoms with E-state index in [0.717, 1.165) is 25.3 Å². The first-order valence-electron chi connectivity index (χ1n) is 6.30. The van der Waals surface area contributed by atoms with E-state index in [1.54, 1.807) is 6.07 Å². The topological polar surface area (TPSA) is 21.3 Å². The second kappa shape index (κ2) is 4.07. The van der Waals surface area contributed by atoms with E-state index in [1.807, 2.05) is 19.1 Å². The van der Waals surface area contributed by atoms with Gasteiger partial charge in [0, 0.05) is 6.04 Å². The van der Waals surface area contributed by atoms with Crippen LogP contribution >= 0.6 is 0 Å². The minimum absolute atomic E-state index is 0.0783. The molecule has 17 heavy (non-hydrogen) atoms. The summed E-state index contributed by atoms with van der Waals surface area (Å²) in [6.07, 6.45) is 2.42. The third-order valence-electron chi connectivity index (χ3n) is 4.18. The molecule has 3 rings (SSSR count). The van der Waals surface area contributed by atoms with Gasteiger partial charge in [-0.25, -0.2) is 4.39 Å². The third-order valence-corrected chi connectivity index (χ3v) is 4.18. The Morgan fingerprint density at radius 1 is 1.41 bits per heavy atom. The Labute approximate surface area is 101 Å². The van der Waals surface area contributed by atoms with Crippen LogP contribution in [0.2, 0.25) is 0 Å². The minimum atomic E-state index is -0.122. The van der Waals surface area contributed by atoms with Crippen molar-refractivity contribution >= 4 is 0 Å². The second-order valence-electron chi connectivity index (χ2n) is 5.26. The molecule has 0 aromatic heterocycles. The fourth-order valence-electron chi connectivity index (χ4n) is 3.00.